The van der Waals surface area contributed by atoms with Gasteiger partial charge in [-0.05, 0) is 56.8 Å². The molecule has 1 unspecified atom stereocenters. The zero-order valence-corrected chi connectivity index (χ0v) is 14.8. The van der Waals surface area contributed by atoms with E-state index in [0.29, 0.717) is 18.7 Å². The molecule has 4 rings (SSSR count). The molecule has 1 amide bonds. The van der Waals surface area contributed by atoms with Gasteiger partial charge in [-0.2, -0.15) is 0 Å². The van der Waals surface area contributed by atoms with E-state index in [0.717, 1.165) is 50.3 Å². The summed E-state index contributed by atoms with van der Waals surface area (Å²) in [6.07, 6.45) is 4.01. The molecule has 0 radical (unpaired) electrons. The van der Waals surface area contributed by atoms with E-state index in [4.69, 9.17) is 9.47 Å². The molecule has 6 heteroatoms. The van der Waals surface area contributed by atoms with Gasteiger partial charge in [-0.25, -0.2) is 0 Å². The number of fused-ring (bicyclic) bond motifs is 1. The first kappa shape index (κ1) is 17.4. The van der Waals surface area contributed by atoms with Gasteiger partial charge in [0.1, 0.15) is 0 Å². The highest BCUT2D eigenvalue weighted by Crippen LogP contribution is 2.39. The number of hydrogen-bond donors (Lipinski definition) is 1. The molecular formula is C18H25ClN2O3. The minimum absolute atomic E-state index is 0. The van der Waals surface area contributed by atoms with Crippen LogP contribution in [0.5, 0.6) is 11.5 Å². The maximum absolute atomic E-state index is 13.0. The van der Waals surface area contributed by atoms with Gasteiger partial charge in [0.25, 0.3) is 0 Å². The minimum Gasteiger partial charge on any atom is -0.454 e. The molecule has 1 aromatic rings. The maximum Gasteiger partial charge on any atom is 0.231 e. The monoisotopic (exact) mass is 352 g/mol. The van der Waals surface area contributed by atoms with E-state index in [9.17, 15) is 4.79 Å². The van der Waals surface area contributed by atoms with Crippen LogP contribution in [-0.4, -0.2) is 36.7 Å². The molecule has 2 fully saturated rings. The summed E-state index contributed by atoms with van der Waals surface area (Å²) >= 11 is 0. The lowest BCUT2D eigenvalue weighted by Crippen LogP contribution is -2.44. The number of likely N-dealkylation sites (tertiary alicyclic amines) is 1. The van der Waals surface area contributed by atoms with Crippen molar-refractivity contribution in [3.63, 3.8) is 0 Å². The number of piperidine rings is 1. The van der Waals surface area contributed by atoms with Gasteiger partial charge < -0.3 is 19.7 Å². The second kappa shape index (κ2) is 7.19. The van der Waals surface area contributed by atoms with E-state index < -0.39 is 0 Å². The Bertz CT molecular complexity index is 610. The largest absolute Gasteiger partial charge is 0.454 e. The molecule has 2 saturated heterocycles. The molecule has 3 heterocycles. The van der Waals surface area contributed by atoms with Crippen molar-refractivity contribution in [2.75, 3.05) is 19.9 Å². The average Bonchev–Trinajstić information content (AvgIpc) is 3.22. The quantitative estimate of drug-likeness (QED) is 0.889. The van der Waals surface area contributed by atoms with E-state index in [1.54, 1.807) is 0 Å². The molecule has 0 bridgehead atoms. The number of carbonyl (C=O) groups excluding carboxylic acids is 1. The van der Waals surface area contributed by atoms with Crippen LogP contribution >= 0.6 is 12.4 Å². The summed E-state index contributed by atoms with van der Waals surface area (Å²) in [6.45, 7) is 4.27. The number of hydrogen-bond acceptors (Lipinski definition) is 4. The number of nitrogens with one attached hydrogen (secondary N) is 1. The van der Waals surface area contributed by atoms with Crippen molar-refractivity contribution in [2.45, 2.75) is 44.7 Å². The Labute approximate surface area is 149 Å². The summed E-state index contributed by atoms with van der Waals surface area (Å²) in [5.74, 6) is 2.11. The van der Waals surface area contributed by atoms with Crippen LogP contribution in [0.3, 0.4) is 0 Å². The molecule has 0 aromatic heterocycles. The first-order valence-corrected chi connectivity index (χ1v) is 8.66. The number of nitrogens with zero attached hydrogens (tertiary/aromatic N) is 1. The van der Waals surface area contributed by atoms with E-state index in [-0.39, 0.29) is 24.4 Å². The fourth-order valence-corrected chi connectivity index (χ4v) is 4.09. The zero-order chi connectivity index (χ0) is 15.8. The second-order valence-corrected chi connectivity index (χ2v) is 6.88. The fraction of sp³-hybridized carbons (Fsp3) is 0.611. The number of amides is 1. The van der Waals surface area contributed by atoms with Crippen molar-refractivity contribution in [1.29, 1.82) is 0 Å². The van der Waals surface area contributed by atoms with Crippen LogP contribution in [0.4, 0.5) is 0 Å². The summed E-state index contributed by atoms with van der Waals surface area (Å²) in [7, 11) is 0. The van der Waals surface area contributed by atoms with E-state index in [2.05, 4.69) is 23.2 Å². The molecule has 0 spiro atoms. The van der Waals surface area contributed by atoms with Gasteiger partial charge >= 0.3 is 0 Å². The zero-order valence-electron chi connectivity index (χ0n) is 14.0. The number of benzene rings is 1. The Morgan fingerprint density at radius 2 is 2.08 bits per heavy atom. The molecular weight excluding hydrogens is 328 g/mol. The van der Waals surface area contributed by atoms with Gasteiger partial charge in [-0.1, -0.05) is 6.07 Å². The minimum atomic E-state index is 0. The number of halogens is 1. The smallest absolute Gasteiger partial charge is 0.231 e. The summed E-state index contributed by atoms with van der Waals surface area (Å²) < 4.78 is 10.9. The lowest BCUT2D eigenvalue weighted by Gasteiger charge is -2.33. The third kappa shape index (κ3) is 3.20. The van der Waals surface area contributed by atoms with Gasteiger partial charge in [0.15, 0.2) is 11.5 Å². The molecule has 1 N–H and O–H groups in total. The standard InChI is InChI=1S/C18H24N2O3.ClH/c1-12-9-14(6-7-19-12)18(21)20-8-2-3-15(20)13-4-5-16-17(10-13)23-11-22-16;/h4-5,10,12,14-15,19H,2-3,6-9,11H2,1H3;1H/t12-,14-,15?;/m0./s1. The van der Waals surface area contributed by atoms with Crippen LogP contribution in [0, 0.1) is 5.92 Å². The summed E-state index contributed by atoms with van der Waals surface area (Å²) in [5, 5.41) is 3.43. The third-order valence-electron chi connectivity index (χ3n) is 5.29. The van der Waals surface area contributed by atoms with Crippen LogP contribution in [-0.2, 0) is 4.79 Å². The molecule has 5 nitrogen and oxygen atoms in total. The summed E-state index contributed by atoms with van der Waals surface area (Å²) in [4.78, 5) is 15.1. The van der Waals surface area contributed by atoms with E-state index in [1.165, 1.54) is 5.56 Å². The van der Waals surface area contributed by atoms with Crippen molar-refractivity contribution in [3.05, 3.63) is 23.8 Å². The molecule has 3 aliphatic heterocycles. The highest BCUT2D eigenvalue weighted by molar-refractivity contribution is 5.85. The number of ether oxygens (including phenoxy) is 2. The maximum atomic E-state index is 13.0. The van der Waals surface area contributed by atoms with Crippen LogP contribution in [0.1, 0.15) is 44.2 Å². The lowest BCUT2D eigenvalue weighted by molar-refractivity contribution is -0.137. The first-order valence-electron chi connectivity index (χ1n) is 8.66. The molecule has 1 aromatic carbocycles. The van der Waals surface area contributed by atoms with Crippen molar-refractivity contribution in [1.82, 2.24) is 10.2 Å². The van der Waals surface area contributed by atoms with Crippen LogP contribution in [0.2, 0.25) is 0 Å². The topological polar surface area (TPSA) is 50.8 Å². The third-order valence-corrected chi connectivity index (χ3v) is 5.29. The highest BCUT2D eigenvalue weighted by atomic mass is 35.5. The van der Waals surface area contributed by atoms with Crippen molar-refractivity contribution in [3.8, 4) is 11.5 Å². The first-order chi connectivity index (χ1) is 11.2. The van der Waals surface area contributed by atoms with Crippen LogP contribution < -0.4 is 14.8 Å². The molecule has 132 valence electrons. The number of rotatable bonds is 2. The molecule has 24 heavy (non-hydrogen) atoms. The van der Waals surface area contributed by atoms with Crippen LogP contribution in [0.25, 0.3) is 0 Å². The van der Waals surface area contributed by atoms with Gasteiger partial charge in [0.2, 0.25) is 12.7 Å². The fourth-order valence-electron chi connectivity index (χ4n) is 4.09. The Balaban J connectivity index is 0.00000169. The second-order valence-electron chi connectivity index (χ2n) is 6.88. The Morgan fingerprint density at radius 3 is 2.92 bits per heavy atom. The molecule has 3 aliphatic rings. The Hall–Kier alpha value is -1.46. The molecule has 3 atom stereocenters. The van der Waals surface area contributed by atoms with Crippen LogP contribution in [0.15, 0.2) is 18.2 Å². The summed E-state index contributed by atoms with van der Waals surface area (Å²) in [5.41, 5.74) is 1.17. The van der Waals surface area contributed by atoms with Crippen molar-refractivity contribution < 1.29 is 14.3 Å². The summed E-state index contributed by atoms with van der Waals surface area (Å²) in [6, 6.07) is 6.70. The van der Waals surface area contributed by atoms with Gasteiger partial charge in [-0.3, -0.25) is 4.79 Å². The Kier molecular flexibility index (Phi) is 5.21. The van der Waals surface area contributed by atoms with E-state index in [1.807, 2.05) is 12.1 Å². The SMILES string of the molecule is C[C@H]1C[C@@H](C(=O)N2CCCC2c2ccc3c(c2)OCO3)CCN1.Cl. The lowest BCUT2D eigenvalue weighted by atomic mass is 9.91. The Morgan fingerprint density at radius 1 is 1.25 bits per heavy atom. The molecule has 0 aliphatic carbocycles. The normalized spacial score (nSPS) is 28.5. The predicted octanol–water partition coefficient (Wildman–Crippen LogP) is 2.89. The van der Waals surface area contributed by atoms with Crippen molar-refractivity contribution >= 4 is 18.3 Å². The van der Waals surface area contributed by atoms with E-state index >= 15 is 0 Å². The van der Waals surface area contributed by atoms with Gasteiger partial charge in [0, 0.05) is 18.5 Å². The number of carbonyl (C=O) groups is 1. The van der Waals surface area contributed by atoms with Gasteiger partial charge in [-0.15, -0.1) is 12.4 Å². The average molecular weight is 353 g/mol. The molecule has 0 saturated carbocycles. The van der Waals surface area contributed by atoms with Gasteiger partial charge in [0.05, 0.1) is 6.04 Å². The predicted molar refractivity (Wildman–Crippen MR) is 93.7 cm³/mol. The van der Waals surface area contributed by atoms with Crippen molar-refractivity contribution in [2.24, 2.45) is 5.92 Å². The highest BCUT2D eigenvalue weighted by Gasteiger charge is 2.35.